The Hall–Kier alpha value is -0.810. The Balaban J connectivity index is 2.88. The van der Waals surface area contributed by atoms with Crippen LogP contribution >= 0.6 is 11.6 Å². The highest BCUT2D eigenvalue weighted by Gasteiger charge is 2.14. The summed E-state index contributed by atoms with van der Waals surface area (Å²) in [6.45, 7) is 8.99. The number of rotatable bonds is 11. The second kappa shape index (κ2) is 10.9. The fourth-order valence-electron chi connectivity index (χ4n) is 2.24. The Labute approximate surface area is 133 Å². The first-order valence-electron chi connectivity index (χ1n) is 7.62. The summed E-state index contributed by atoms with van der Waals surface area (Å²) < 4.78 is 11.0. The number of anilines is 1. The average Bonchev–Trinajstić information content (AvgIpc) is 2.47. The zero-order valence-corrected chi connectivity index (χ0v) is 13.9. The summed E-state index contributed by atoms with van der Waals surface area (Å²) in [5.41, 5.74) is 7.95. The van der Waals surface area contributed by atoms with E-state index in [1.54, 1.807) is 0 Å². The van der Waals surface area contributed by atoms with E-state index in [0.29, 0.717) is 19.8 Å². The van der Waals surface area contributed by atoms with E-state index in [-0.39, 0.29) is 0 Å². The van der Waals surface area contributed by atoms with E-state index < -0.39 is 0 Å². The first-order chi connectivity index (χ1) is 10.2. The molecule has 0 aliphatic rings. The molecule has 0 radical (unpaired) electrons. The summed E-state index contributed by atoms with van der Waals surface area (Å²) in [4.78, 5) is 2.23. The van der Waals surface area contributed by atoms with Crippen LogP contribution in [0.4, 0.5) is 5.69 Å². The minimum atomic E-state index is 0.609. The lowest BCUT2D eigenvalue weighted by Gasteiger charge is -2.28. The van der Waals surface area contributed by atoms with E-state index in [1.165, 1.54) is 5.56 Å². The first kappa shape index (κ1) is 18.2. The van der Waals surface area contributed by atoms with Gasteiger partial charge in [0.1, 0.15) is 0 Å². The van der Waals surface area contributed by atoms with E-state index >= 15 is 0 Å². The Morgan fingerprint density at radius 1 is 1.10 bits per heavy atom. The van der Waals surface area contributed by atoms with E-state index in [9.17, 15) is 0 Å². The van der Waals surface area contributed by atoms with Crippen LogP contribution in [0.2, 0.25) is 5.02 Å². The summed E-state index contributed by atoms with van der Waals surface area (Å²) in [5.74, 6) is 0. The summed E-state index contributed by atoms with van der Waals surface area (Å²) >= 11 is 6.42. The summed E-state index contributed by atoms with van der Waals surface area (Å²) in [6.07, 6.45) is 0.815. The first-order valence-corrected chi connectivity index (χ1v) is 8.00. The van der Waals surface area contributed by atoms with Crippen LogP contribution in [0.15, 0.2) is 18.2 Å². The Kier molecular flexibility index (Phi) is 9.42. The summed E-state index contributed by atoms with van der Waals surface area (Å²) in [5, 5.41) is 0.758. The molecule has 0 saturated heterocycles. The molecule has 0 aromatic heterocycles. The Morgan fingerprint density at radius 3 is 2.24 bits per heavy atom. The van der Waals surface area contributed by atoms with Crippen LogP contribution < -0.4 is 10.6 Å². The van der Waals surface area contributed by atoms with Crippen molar-refractivity contribution in [1.82, 2.24) is 0 Å². The quantitative estimate of drug-likeness (QED) is 0.638. The van der Waals surface area contributed by atoms with Crippen molar-refractivity contribution in [2.45, 2.75) is 20.3 Å². The standard InChI is InChI=1S/C16H27ClN2O2/c1-3-20-12-10-19(11-13-21-4-2)16-14(8-9-18)6-5-7-15(16)17/h5-7H,3-4,8-13,18H2,1-2H3. The molecule has 0 amide bonds. The molecule has 0 unspecified atom stereocenters. The molecule has 0 aliphatic carbocycles. The van der Waals surface area contributed by atoms with Crippen molar-refractivity contribution >= 4 is 17.3 Å². The zero-order valence-electron chi connectivity index (χ0n) is 13.1. The SMILES string of the molecule is CCOCCN(CCOCC)c1c(Cl)cccc1CCN. The normalized spacial score (nSPS) is 10.9. The highest BCUT2D eigenvalue weighted by molar-refractivity contribution is 6.33. The van der Waals surface area contributed by atoms with Crippen LogP contribution in [0.5, 0.6) is 0 Å². The van der Waals surface area contributed by atoms with Crippen LogP contribution in [0, 0.1) is 0 Å². The molecule has 0 spiro atoms. The van der Waals surface area contributed by atoms with Crippen LogP contribution in [0.1, 0.15) is 19.4 Å². The number of nitrogens with two attached hydrogens (primary N) is 1. The van der Waals surface area contributed by atoms with Crippen molar-refractivity contribution in [1.29, 1.82) is 0 Å². The lowest BCUT2D eigenvalue weighted by molar-refractivity contribution is 0.141. The predicted octanol–water partition coefficient (Wildman–Crippen LogP) is 2.72. The molecule has 1 rings (SSSR count). The van der Waals surface area contributed by atoms with Gasteiger partial charge in [0.15, 0.2) is 0 Å². The van der Waals surface area contributed by atoms with Crippen LogP contribution in [0.25, 0.3) is 0 Å². The molecule has 0 saturated carbocycles. The van der Waals surface area contributed by atoms with Gasteiger partial charge in [0.05, 0.1) is 23.9 Å². The molecule has 120 valence electrons. The molecule has 0 aliphatic heterocycles. The number of nitrogens with zero attached hydrogens (tertiary/aromatic N) is 1. The molecule has 2 N–H and O–H groups in total. The molecule has 0 bridgehead atoms. The van der Waals surface area contributed by atoms with E-state index in [2.05, 4.69) is 11.0 Å². The highest BCUT2D eigenvalue weighted by atomic mass is 35.5. The van der Waals surface area contributed by atoms with Crippen molar-refractivity contribution < 1.29 is 9.47 Å². The number of hydrogen-bond donors (Lipinski definition) is 1. The third-order valence-electron chi connectivity index (χ3n) is 3.22. The minimum Gasteiger partial charge on any atom is -0.380 e. The number of para-hydroxylation sites is 1. The van der Waals surface area contributed by atoms with Crippen LogP contribution in [0.3, 0.4) is 0 Å². The van der Waals surface area contributed by atoms with Crippen molar-refractivity contribution in [2.24, 2.45) is 5.73 Å². The summed E-state index contributed by atoms with van der Waals surface area (Å²) in [6, 6.07) is 5.98. The number of ether oxygens (including phenoxy) is 2. The Morgan fingerprint density at radius 2 is 1.71 bits per heavy atom. The van der Waals surface area contributed by atoms with Gasteiger partial charge in [0, 0.05) is 26.3 Å². The molecule has 21 heavy (non-hydrogen) atoms. The largest absolute Gasteiger partial charge is 0.380 e. The Bertz CT molecular complexity index is 392. The second-order valence-corrected chi connectivity index (χ2v) is 5.07. The maximum atomic E-state index is 6.42. The van der Waals surface area contributed by atoms with Crippen molar-refractivity contribution in [2.75, 3.05) is 51.0 Å². The van der Waals surface area contributed by atoms with Gasteiger partial charge in [-0.05, 0) is 38.4 Å². The number of halogens is 1. The monoisotopic (exact) mass is 314 g/mol. The van der Waals surface area contributed by atoms with Crippen LogP contribution in [-0.4, -0.2) is 46.1 Å². The fourth-order valence-corrected chi connectivity index (χ4v) is 2.56. The number of benzene rings is 1. The van der Waals surface area contributed by atoms with E-state index in [1.807, 2.05) is 26.0 Å². The molecule has 0 fully saturated rings. The van der Waals surface area contributed by atoms with Crippen molar-refractivity contribution in [3.05, 3.63) is 28.8 Å². The molecular weight excluding hydrogens is 288 g/mol. The molecule has 1 aromatic rings. The molecule has 5 heteroatoms. The number of hydrogen-bond acceptors (Lipinski definition) is 4. The van der Waals surface area contributed by atoms with Gasteiger partial charge in [0.25, 0.3) is 0 Å². The third kappa shape index (κ3) is 6.22. The maximum Gasteiger partial charge on any atom is 0.0642 e. The maximum absolute atomic E-state index is 6.42. The van der Waals surface area contributed by atoms with Crippen molar-refractivity contribution in [3.8, 4) is 0 Å². The van der Waals surface area contributed by atoms with Gasteiger partial charge in [-0.3, -0.25) is 0 Å². The topological polar surface area (TPSA) is 47.7 Å². The molecule has 4 nitrogen and oxygen atoms in total. The van der Waals surface area contributed by atoms with Crippen molar-refractivity contribution in [3.63, 3.8) is 0 Å². The molecule has 0 heterocycles. The lowest BCUT2D eigenvalue weighted by Crippen LogP contribution is -2.32. The van der Waals surface area contributed by atoms with Gasteiger partial charge in [-0.1, -0.05) is 23.7 Å². The molecular formula is C16H27ClN2O2. The van der Waals surface area contributed by atoms with Gasteiger partial charge >= 0.3 is 0 Å². The lowest BCUT2D eigenvalue weighted by atomic mass is 10.1. The van der Waals surface area contributed by atoms with E-state index in [0.717, 1.165) is 43.4 Å². The smallest absolute Gasteiger partial charge is 0.0642 e. The predicted molar refractivity (Wildman–Crippen MR) is 89.4 cm³/mol. The third-order valence-corrected chi connectivity index (χ3v) is 3.52. The fraction of sp³-hybridized carbons (Fsp3) is 0.625. The minimum absolute atomic E-state index is 0.609. The van der Waals surface area contributed by atoms with Gasteiger partial charge in [0.2, 0.25) is 0 Å². The van der Waals surface area contributed by atoms with E-state index in [4.69, 9.17) is 26.8 Å². The molecule has 1 aromatic carbocycles. The molecule has 0 atom stereocenters. The van der Waals surface area contributed by atoms with Gasteiger partial charge in [-0.25, -0.2) is 0 Å². The second-order valence-electron chi connectivity index (χ2n) is 4.67. The summed E-state index contributed by atoms with van der Waals surface area (Å²) in [7, 11) is 0. The van der Waals surface area contributed by atoms with Gasteiger partial charge < -0.3 is 20.1 Å². The van der Waals surface area contributed by atoms with Crippen LogP contribution in [-0.2, 0) is 15.9 Å². The van der Waals surface area contributed by atoms with Gasteiger partial charge in [-0.2, -0.15) is 0 Å². The highest BCUT2D eigenvalue weighted by Crippen LogP contribution is 2.30. The van der Waals surface area contributed by atoms with Gasteiger partial charge in [-0.15, -0.1) is 0 Å². The average molecular weight is 315 g/mol. The zero-order chi connectivity index (χ0) is 15.5.